The van der Waals surface area contributed by atoms with Gasteiger partial charge in [-0.2, -0.15) is 0 Å². The number of hydrogen-bond acceptors (Lipinski definition) is 5. The van der Waals surface area contributed by atoms with Gasteiger partial charge in [0.05, 0.1) is 12.2 Å². The van der Waals surface area contributed by atoms with Gasteiger partial charge in [0.25, 0.3) is 11.8 Å². The summed E-state index contributed by atoms with van der Waals surface area (Å²) in [5.74, 6) is 0.931. The third-order valence-electron chi connectivity index (χ3n) is 5.99. The number of benzene rings is 1. The second-order valence-electron chi connectivity index (χ2n) is 8.84. The fourth-order valence-electron chi connectivity index (χ4n) is 4.11. The normalized spacial score (nSPS) is 18.0. The number of nitrogens with zero attached hydrogens (tertiary/aromatic N) is 3. The molecule has 0 aromatic heterocycles. The highest BCUT2D eigenvalue weighted by molar-refractivity contribution is 6.35. The minimum absolute atomic E-state index is 0.138. The molecule has 0 unspecified atom stereocenters. The van der Waals surface area contributed by atoms with Gasteiger partial charge in [-0.3, -0.25) is 14.5 Å². The first-order valence-corrected chi connectivity index (χ1v) is 11.8. The standard InChI is InChI=1S/C25H37N3O3/c1-5-7-8-13-28-24(29)22(20-9-11-21(12-10-20)31-18-19(3)4)23(25(28)30)27-16-14-26(6-2)15-17-27/h9-12,19H,5-8,13-18H2,1-4H3. The second-order valence-corrected chi connectivity index (χ2v) is 8.84. The topological polar surface area (TPSA) is 53.1 Å². The Balaban J connectivity index is 1.88. The Morgan fingerprint density at radius 3 is 2.19 bits per heavy atom. The highest BCUT2D eigenvalue weighted by Gasteiger charge is 2.41. The van der Waals surface area contributed by atoms with Crippen molar-refractivity contribution in [2.45, 2.75) is 47.0 Å². The van der Waals surface area contributed by atoms with Crippen molar-refractivity contribution in [3.63, 3.8) is 0 Å². The van der Waals surface area contributed by atoms with E-state index in [1.807, 2.05) is 24.3 Å². The van der Waals surface area contributed by atoms with Gasteiger partial charge in [-0.15, -0.1) is 0 Å². The van der Waals surface area contributed by atoms with Crippen molar-refractivity contribution in [3.8, 4) is 5.75 Å². The van der Waals surface area contributed by atoms with E-state index in [4.69, 9.17) is 4.74 Å². The summed E-state index contributed by atoms with van der Waals surface area (Å²) in [7, 11) is 0. The first kappa shape index (κ1) is 23.3. The highest BCUT2D eigenvalue weighted by atomic mass is 16.5. The molecule has 1 fully saturated rings. The molecule has 2 aliphatic heterocycles. The molecule has 0 atom stereocenters. The SMILES string of the molecule is CCCCCN1C(=O)C(c2ccc(OCC(C)C)cc2)=C(N2CCN(CC)CC2)C1=O. The lowest BCUT2D eigenvalue weighted by atomic mass is 10.0. The summed E-state index contributed by atoms with van der Waals surface area (Å²) in [4.78, 5) is 32.7. The molecule has 3 rings (SSSR count). The van der Waals surface area contributed by atoms with Crippen LogP contribution in [0.1, 0.15) is 52.5 Å². The molecule has 1 saturated heterocycles. The molecule has 170 valence electrons. The second kappa shape index (κ2) is 10.8. The largest absolute Gasteiger partial charge is 0.493 e. The molecule has 2 amide bonds. The lowest BCUT2D eigenvalue weighted by Crippen LogP contribution is -2.47. The summed E-state index contributed by atoms with van der Waals surface area (Å²) < 4.78 is 5.79. The maximum atomic E-state index is 13.4. The summed E-state index contributed by atoms with van der Waals surface area (Å²) in [5.41, 5.74) is 1.91. The number of amides is 2. The zero-order valence-electron chi connectivity index (χ0n) is 19.5. The quantitative estimate of drug-likeness (QED) is 0.422. The van der Waals surface area contributed by atoms with Crippen LogP contribution in [0.15, 0.2) is 30.0 Å². The predicted molar refractivity (Wildman–Crippen MR) is 124 cm³/mol. The number of rotatable bonds is 10. The first-order valence-electron chi connectivity index (χ1n) is 11.8. The minimum atomic E-state index is -0.162. The number of unbranched alkanes of at least 4 members (excludes halogenated alkanes) is 2. The van der Waals surface area contributed by atoms with Crippen molar-refractivity contribution in [3.05, 3.63) is 35.5 Å². The zero-order valence-corrected chi connectivity index (χ0v) is 19.5. The van der Waals surface area contributed by atoms with Crippen LogP contribution in [0, 0.1) is 5.92 Å². The van der Waals surface area contributed by atoms with E-state index in [1.165, 1.54) is 4.90 Å². The molecule has 0 radical (unpaired) electrons. The third kappa shape index (κ3) is 5.48. The first-order chi connectivity index (χ1) is 15.0. The molecule has 0 N–H and O–H groups in total. The Morgan fingerprint density at radius 1 is 0.935 bits per heavy atom. The van der Waals surface area contributed by atoms with Crippen LogP contribution in [0.25, 0.3) is 5.57 Å². The molecule has 0 spiro atoms. The van der Waals surface area contributed by atoms with Crippen molar-refractivity contribution in [1.29, 1.82) is 0 Å². The van der Waals surface area contributed by atoms with Crippen LogP contribution in [-0.4, -0.2) is 72.4 Å². The van der Waals surface area contributed by atoms with E-state index in [-0.39, 0.29) is 11.8 Å². The number of carbonyl (C=O) groups is 2. The highest BCUT2D eigenvalue weighted by Crippen LogP contribution is 2.33. The van der Waals surface area contributed by atoms with Crippen molar-refractivity contribution >= 4 is 17.4 Å². The third-order valence-corrected chi connectivity index (χ3v) is 5.99. The number of carbonyl (C=O) groups excluding carboxylic acids is 2. The van der Waals surface area contributed by atoms with Crippen molar-refractivity contribution in [1.82, 2.24) is 14.7 Å². The van der Waals surface area contributed by atoms with Gasteiger partial charge in [-0.05, 0) is 36.6 Å². The maximum absolute atomic E-state index is 13.4. The molecule has 0 bridgehead atoms. The van der Waals surface area contributed by atoms with Crippen molar-refractivity contribution in [2.24, 2.45) is 5.92 Å². The number of piperazine rings is 1. The van der Waals surface area contributed by atoms with Crippen LogP contribution in [0.4, 0.5) is 0 Å². The van der Waals surface area contributed by atoms with Crippen LogP contribution in [0.5, 0.6) is 5.75 Å². The lowest BCUT2D eigenvalue weighted by Gasteiger charge is -2.36. The molecule has 0 saturated carbocycles. The Labute approximate surface area is 186 Å². The van der Waals surface area contributed by atoms with Crippen LogP contribution in [-0.2, 0) is 9.59 Å². The number of imide groups is 1. The van der Waals surface area contributed by atoms with Gasteiger partial charge in [0.1, 0.15) is 11.4 Å². The number of likely N-dealkylation sites (N-methyl/N-ethyl adjacent to an activating group) is 1. The molecule has 6 heteroatoms. The Hall–Kier alpha value is -2.34. The molecule has 31 heavy (non-hydrogen) atoms. The van der Waals surface area contributed by atoms with Crippen LogP contribution < -0.4 is 4.74 Å². The summed E-state index contributed by atoms with van der Waals surface area (Å²) >= 11 is 0. The Morgan fingerprint density at radius 2 is 1.61 bits per heavy atom. The van der Waals surface area contributed by atoms with Gasteiger partial charge in [0, 0.05) is 32.7 Å². The predicted octanol–water partition coefficient (Wildman–Crippen LogP) is 3.63. The molecular formula is C25H37N3O3. The van der Waals surface area contributed by atoms with Crippen molar-refractivity contribution < 1.29 is 14.3 Å². The Bertz CT molecular complexity index is 793. The summed E-state index contributed by atoms with van der Waals surface area (Å²) in [5, 5.41) is 0. The average Bonchev–Trinajstić information content (AvgIpc) is 3.03. The van der Waals surface area contributed by atoms with Crippen LogP contribution >= 0.6 is 0 Å². The van der Waals surface area contributed by atoms with E-state index in [0.717, 1.165) is 63.3 Å². The van der Waals surface area contributed by atoms with Crippen LogP contribution in [0.3, 0.4) is 0 Å². The number of ether oxygens (including phenoxy) is 1. The molecule has 1 aromatic carbocycles. The fourth-order valence-corrected chi connectivity index (χ4v) is 4.11. The van der Waals surface area contributed by atoms with E-state index in [0.29, 0.717) is 30.3 Å². The monoisotopic (exact) mass is 427 g/mol. The zero-order chi connectivity index (χ0) is 22.4. The summed E-state index contributed by atoms with van der Waals surface area (Å²) in [6.45, 7) is 14.0. The average molecular weight is 428 g/mol. The Kier molecular flexibility index (Phi) is 8.13. The van der Waals surface area contributed by atoms with E-state index < -0.39 is 0 Å². The van der Waals surface area contributed by atoms with E-state index in [2.05, 4.69) is 37.5 Å². The minimum Gasteiger partial charge on any atom is -0.493 e. The van der Waals surface area contributed by atoms with Gasteiger partial charge >= 0.3 is 0 Å². The van der Waals surface area contributed by atoms with Gasteiger partial charge in [0.2, 0.25) is 0 Å². The summed E-state index contributed by atoms with van der Waals surface area (Å²) in [6, 6.07) is 7.62. The van der Waals surface area contributed by atoms with Crippen LogP contribution in [0.2, 0.25) is 0 Å². The van der Waals surface area contributed by atoms with E-state index in [9.17, 15) is 9.59 Å². The molecule has 6 nitrogen and oxygen atoms in total. The fraction of sp³-hybridized carbons (Fsp3) is 0.600. The number of hydrogen-bond donors (Lipinski definition) is 0. The van der Waals surface area contributed by atoms with Gasteiger partial charge in [-0.1, -0.05) is 52.7 Å². The maximum Gasteiger partial charge on any atom is 0.277 e. The molecule has 2 heterocycles. The van der Waals surface area contributed by atoms with Gasteiger partial charge in [0.15, 0.2) is 0 Å². The molecule has 2 aliphatic rings. The van der Waals surface area contributed by atoms with Crippen molar-refractivity contribution in [2.75, 3.05) is 45.9 Å². The van der Waals surface area contributed by atoms with Gasteiger partial charge < -0.3 is 14.5 Å². The van der Waals surface area contributed by atoms with E-state index in [1.54, 1.807) is 0 Å². The van der Waals surface area contributed by atoms with Gasteiger partial charge in [-0.25, -0.2) is 0 Å². The molecule has 0 aliphatic carbocycles. The lowest BCUT2D eigenvalue weighted by molar-refractivity contribution is -0.137. The molecular weight excluding hydrogens is 390 g/mol. The van der Waals surface area contributed by atoms with E-state index >= 15 is 0 Å². The smallest absolute Gasteiger partial charge is 0.277 e. The summed E-state index contributed by atoms with van der Waals surface area (Å²) in [6.07, 6.45) is 2.92. The molecule has 1 aromatic rings.